The Morgan fingerprint density at radius 3 is 2.40 bits per heavy atom. The van der Waals surface area contributed by atoms with Crippen LogP contribution in [0, 0.1) is 0 Å². The van der Waals surface area contributed by atoms with Gasteiger partial charge in [0.05, 0.1) is 6.42 Å². The summed E-state index contributed by atoms with van der Waals surface area (Å²) in [5.41, 5.74) is 1.68. The molecule has 0 fully saturated rings. The fraction of sp³-hybridized carbons (Fsp3) is 0.467. The third-order valence-corrected chi connectivity index (χ3v) is 3.03. The molecule has 0 aliphatic carbocycles. The maximum Gasteiger partial charge on any atom is 0.224 e. The molecule has 5 heteroatoms. The number of unbranched alkanes of at least 4 members (excludes halogenated alkanes) is 1. The second-order valence-corrected chi connectivity index (χ2v) is 4.90. The highest BCUT2D eigenvalue weighted by Gasteiger charge is 2.04. The van der Waals surface area contributed by atoms with E-state index in [1.807, 2.05) is 31.2 Å². The van der Waals surface area contributed by atoms with Gasteiger partial charge in [0.25, 0.3) is 0 Å². The number of halogens is 1. The van der Waals surface area contributed by atoms with Gasteiger partial charge in [0.15, 0.2) is 0 Å². The molecule has 0 aromatic heterocycles. The number of nitrogens with one attached hydrogen (secondary N) is 2. The third kappa shape index (κ3) is 6.57. The highest BCUT2D eigenvalue weighted by atomic mass is 35.5. The summed E-state index contributed by atoms with van der Waals surface area (Å²) in [5, 5.41) is 5.57. The zero-order valence-electron chi connectivity index (χ0n) is 11.7. The van der Waals surface area contributed by atoms with Crippen molar-refractivity contribution in [1.82, 2.24) is 5.32 Å². The van der Waals surface area contributed by atoms with E-state index < -0.39 is 0 Å². The minimum Gasteiger partial charge on any atom is -0.356 e. The molecule has 0 aliphatic rings. The number of carbonyl (C=O) groups excluding carboxylic acids is 2. The summed E-state index contributed by atoms with van der Waals surface area (Å²) < 4.78 is 0. The van der Waals surface area contributed by atoms with E-state index in [0.29, 0.717) is 25.3 Å². The zero-order valence-corrected chi connectivity index (χ0v) is 12.5. The third-order valence-electron chi connectivity index (χ3n) is 2.76. The number of likely N-dealkylation sites (N-methyl/N-ethyl adjacent to an activating group) is 1. The summed E-state index contributed by atoms with van der Waals surface area (Å²) in [5.74, 6) is 0.582. The van der Waals surface area contributed by atoms with Crippen LogP contribution < -0.4 is 10.6 Å². The summed E-state index contributed by atoms with van der Waals surface area (Å²) in [6.07, 6.45) is 2.48. The first-order valence-corrected chi connectivity index (χ1v) is 7.40. The Labute approximate surface area is 124 Å². The molecular formula is C15H21ClN2O2. The van der Waals surface area contributed by atoms with Crippen LogP contribution in [0.5, 0.6) is 0 Å². The number of hydrogen-bond acceptors (Lipinski definition) is 2. The Hall–Kier alpha value is -1.55. The van der Waals surface area contributed by atoms with Crippen LogP contribution >= 0.6 is 11.6 Å². The van der Waals surface area contributed by atoms with Crippen molar-refractivity contribution in [2.75, 3.05) is 17.7 Å². The molecule has 0 atom stereocenters. The Bertz CT molecular complexity index is 432. The number of amides is 2. The minimum atomic E-state index is -0.00778. The highest BCUT2D eigenvalue weighted by molar-refractivity contribution is 6.17. The second-order valence-electron chi connectivity index (χ2n) is 4.52. The largest absolute Gasteiger partial charge is 0.356 e. The lowest BCUT2D eigenvalue weighted by atomic mass is 10.1. The van der Waals surface area contributed by atoms with E-state index in [9.17, 15) is 9.59 Å². The summed E-state index contributed by atoms with van der Waals surface area (Å²) in [4.78, 5) is 23.0. The number of benzene rings is 1. The highest BCUT2D eigenvalue weighted by Crippen LogP contribution is 2.11. The van der Waals surface area contributed by atoms with Crippen LogP contribution in [0.2, 0.25) is 0 Å². The van der Waals surface area contributed by atoms with Gasteiger partial charge < -0.3 is 10.6 Å². The SMILES string of the molecule is CCNC(=O)Cc1ccc(NC(=O)CCCCCl)cc1. The lowest BCUT2D eigenvalue weighted by molar-refractivity contribution is -0.120. The van der Waals surface area contributed by atoms with Crippen LogP contribution in [0.3, 0.4) is 0 Å². The number of carbonyl (C=O) groups is 2. The molecule has 0 aliphatic heterocycles. The maximum absolute atomic E-state index is 11.6. The smallest absolute Gasteiger partial charge is 0.224 e. The van der Waals surface area contributed by atoms with Gasteiger partial charge in [-0.3, -0.25) is 9.59 Å². The van der Waals surface area contributed by atoms with Crippen LogP contribution in [0.25, 0.3) is 0 Å². The quantitative estimate of drug-likeness (QED) is 0.572. The van der Waals surface area contributed by atoms with E-state index in [1.54, 1.807) is 0 Å². The van der Waals surface area contributed by atoms with E-state index in [1.165, 1.54) is 0 Å². The molecule has 2 N–H and O–H groups in total. The van der Waals surface area contributed by atoms with E-state index in [0.717, 1.165) is 24.1 Å². The lowest BCUT2D eigenvalue weighted by Crippen LogP contribution is -2.24. The van der Waals surface area contributed by atoms with Gasteiger partial charge in [0.1, 0.15) is 0 Å². The monoisotopic (exact) mass is 296 g/mol. The fourth-order valence-corrected chi connectivity index (χ4v) is 1.94. The first-order valence-electron chi connectivity index (χ1n) is 6.87. The Morgan fingerprint density at radius 2 is 1.80 bits per heavy atom. The first-order chi connectivity index (χ1) is 9.65. The number of anilines is 1. The van der Waals surface area contributed by atoms with Crippen LogP contribution in [-0.2, 0) is 16.0 Å². The Morgan fingerprint density at radius 1 is 1.10 bits per heavy atom. The summed E-state index contributed by atoms with van der Waals surface area (Å²) in [7, 11) is 0. The van der Waals surface area contributed by atoms with Crippen LogP contribution in [0.1, 0.15) is 31.7 Å². The van der Waals surface area contributed by atoms with Gasteiger partial charge >= 0.3 is 0 Å². The molecule has 0 heterocycles. The van der Waals surface area contributed by atoms with Crippen molar-refractivity contribution in [1.29, 1.82) is 0 Å². The van der Waals surface area contributed by atoms with E-state index >= 15 is 0 Å². The predicted octanol–water partition coefficient (Wildman–Crippen LogP) is 2.71. The first kappa shape index (κ1) is 16.5. The van der Waals surface area contributed by atoms with Crippen molar-refractivity contribution in [2.24, 2.45) is 0 Å². The maximum atomic E-state index is 11.6. The fourth-order valence-electron chi connectivity index (χ4n) is 1.75. The average molecular weight is 297 g/mol. The summed E-state index contributed by atoms with van der Waals surface area (Å²) >= 11 is 5.56. The van der Waals surface area contributed by atoms with Crippen molar-refractivity contribution in [3.63, 3.8) is 0 Å². The molecular weight excluding hydrogens is 276 g/mol. The van der Waals surface area contributed by atoms with Crippen molar-refractivity contribution in [2.45, 2.75) is 32.6 Å². The number of rotatable bonds is 8. The van der Waals surface area contributed by atoms with Crippen molar-refractivity contribution in [3.05, 3.63) is 29.8 Å². The molecule has 110 valence electrons. The van der Waals surface area contributed by atoms with Crippen LogP contribution in [0.15, 0.2) is 24.3 Å². The van der Waals surface area contributed by atoms with E-state index in [2.05, 4.69) is 10.6 Å². The van der Waals surface area contributed by atoms with E-state index in [-0.39, 0.29) is 11.8 Å². The van der Waals surface area contributed by atoms with Crippen LogP contribution in [0.4, 0.5) is 5.69 Å². The number of alkyl halides is 1. The van der Waals surface area contributed by atoms with Gasteiger partial charge in [-0.2, -0.15) is 0 Å². The summed E-state index contributed by atoms with van der Waals surface area (Å²) in [6, 6.07) is 7.33. The molecule has 0 saturated carbocycles. The molecule has 0 unspecified atom stereocenters. The van der Waals surface area contributed by atoms with Crippen molar-refractivity contribution < 1.29 is 9.59 Å². The molecule has 1 rings (SSSR count). The van der Waals surface area contributed by atoms with Gasteiger partial charge in [0.2, 0.25) is 11.8 Å². The van der Waals surface area contributed by atoms with Crippen molar-refractivity contribution >= 4 is 29.1 Å². The number of hydrogen-bond donors (Lipinski definition) is 2. The average Bonchev–Trinajstić information content (AvgIpc) is 2.41. The summed E-state index contributed by atoms with van der Waals surface area (Å²) in [6.45, 7) is 2.52. The zero-order chi connectivity index (χ0) is 14.8. The standard InChI is InChI=1S/C15H21ClN2O2/c1-2-17-15(20)11-12-6-8-13(9-7-12)18-14(19)5-3-4-10-16/h6-9H,2-5,10-11H2,1H3,(H,17,20)(H,18,19). The molecule has 0 saturated heterocycles. The molecule has 1 aromatic carbocycles. The molecule has 2 amide bonds. The van der Waals surface area contributed by atoms with E-state index in [4.69, 9.17) is 11.6 Å². The predicted molar refractivity (Wildman–Crippen MR) is 82.0 cm³/mol. The Kier molecular flexibility index (Phi) is 7.73. The van der Waals surface area contributed by atoms with Crippen LogP contribution in [-0.4, -0.2) is 24.2 Å². The molecule has 0 bridgehead atoms. The molecule has 1 aromatic rings. The molecule has 20 heavy (non-hydrogen) atoms. The normalized spacial score (nSPS) is 10.1. The Balaban J connectivity index is 2.42. The lowest BCUT2D eigenvalue weighted by Gasteiger charge is -2.06. The van der Waals surface area contributed by atoms with Gasteiger partial charge in [-0.15, -0.1) is 11.6 Å². The minimum absolute atomic E-state index is 0.00496. The van der Waals surface area contributed by atoms with Gasteiger partial charge in [0, 0.05) is 24.5 Å². The van der Waals surface area contributed by atoms with Gasteiger partial charge in [-0.25, -0.2) is 0 Å². The second kappa shape index (κ2) is 9.37. The molecule has 0 radical (unpaired) electrons. The topological polar surface area (TPSA) is 58.2 Å². The van der Waals surface area contributed by atoms with Crippen molar-refractivity contribution in [3.8, 4) is 0 Å². The molecule has 4 nitrogen and oxygen atoms in total. The molecule has 0 spiro atoms. The van der Waals surface area contributed by atoms with Gasteiger partial charge in [-0.1, -0.05) is 12.1 Å². The van der Waals surface area contributed by atoms with Gasteiger partial charge in [-0.05, 0) is 37.5 Å².